The van der Waals surface area contributed by atoms with E-state index in [1.807, 2.05) is 0 Å². The number of rotatable bonds is 3. The number of fused-ring (bicyclic) bond motifs is 1. The van der Waals surface area contributed by atoms with Gasteiger partial charge in [0.2, 0.25) is 0 Å². The minimum atomic E-state index is 0.396. The van der Waals surface area contributed by atoms with Crippen molar-refractivity contribution >= 4 is 0 Å². The van der Waals surface area contributed by atoms with Crippen molar-refractivity contribution in [3.63, 3.8) is 0 Å². The topological polar surface area (TPSA) is 24.5 Å². The predicted octanol–water partition coefficient (Wildman–Crippen LogP) is 2.24. The molecule has 0 spiro atoms. The summed E-state index contributed by atoms with van der Waals surface area (Å²) < 4.78 is 6.16. The predicted molar refractivity (Wildman–Crippen MR) is 82.5 cm³/mol. The summed E-state index contributed by atoms with van der Waals surface area (Å²) in [5.41, 5.74) is 3.01. The van der Waals surface area contributed by atoms with Crippen LogP contribution in [0.3, 0.4) is 0 Å². The summed E-state index contributed by atoms with van der Waals surface area (Å²) >= 11 is 0. The number of piperidine rings is 1. The molecule has 1 saturated heterocycles. The molecule has 2 heterocycles. The molecule has 1 fully saturated rings. The summed E-state index contributed by atoms with van der Waals surface area (Å²) in [6.45, 7) is 7.95. The first kappa shape index (κ1) is 13.9. The Morgan fingerprint density at radius 1 is 1.15 bits per heavy atom. The molecule has 2 aliphatic heterocycles. The molecule has 1 aromatic rings. The maximum absolute atomic E-state index is 6.16. The molecule has 0 unspecified atom stereocenters. The Bertz CT molecular complexity index is 441. The molecule has 2 aliphatic rings. The van der Waals surface area contributed by atoms with Crippen LogP contribution in [0, 0.1) is 0 Å². The fraction of sp³-hybridized carbons (Fsp3) is 0.647. The minimum Gasteiger partial charge on any atom is -0.490 e. The second-order valence-corrected chi connectivity index (χ2v) is 5.93. The van der Waals surface area contributed by atoms with Gasteiger partial charge in [0, 0.05) is 13.1 Å². The van der Waals surface area contributed by atoms with Crippen LogP contribution in [-0.4, -0.2) is 43.7 Å². The molecule has 0 aliphatic carbocycles. The zero-order valence-electron chi connectivity index (χ0n) is 12.5. The van der Waals surface area contributed by atoms with Gasteiger partial charge in [0.05, 0.1) is 0 Å². The monoisotopic (exact) mass is 274 g/mol. The molecule has 1 N–H and O–H groups in total. The average molecular weight is 274 g/mol. The third-order valence-electron chi connectivity index (χ3n) is 4.61. The van der Waals surface area contributed by atoms with Gasteiger partial charge in [0.15, 0.2) is 0 Å². The first-order valence-corrected chi connectivity index (χ1v) is 8.06. The average Bonchev–Trinajstić information content (AvgIpc) is 2.70. The van der Waals surface area contributed by atoms with E-state index < -0.39 is 0 Å². The molecule has 3 rings (SSSR count). The number of ether oxygens (including phenoxy) is 1. The van der Waals surface area contributed by atoms with E-state index in [-0.39, 0.29) is 0 Å². The van der Waals surface area contributed by atoms with E-state index in [2.05, 4.69) is 35.3 Å². The van der Waals surface area contributed by atoms with Crippen molar-refractivity contribution in [2.75, 3.05) is 32.7 Å². The van der Waals surface area contributed by atoms with Gasteiger partial charge < -0.3 is 15.0 Å². The molecular formula is C17H26N2O. The first-order valence-electron chi connectivity index (χ1n) is 8.06. The Morgan fingerprint density at radius 3 is 2.65 bits per heavy atom. The lowest BCUT2D eigenvalue weighted by Crippen LogP contribution is -2.34. The molecule has 0 aromatic heterocycles. The van der Waals surface area contributed by atoms with Crippen LogP contribution in [-0.2, 0) is 12.8 Å². The van der Waals surface area contributed by atoms with Gasteiger partial charge in [-0.25, -0.2) is 0 Å². The van der Waals surface area contributed by atoms with Crippen molar-refractivity contribution in [2.45, 2.75) is 38.7 Å². The summed E-state index contributed by atoms with van der Waals surface area (Å²) in [5.74, 6) is 1.07. The van der Waals surface area contributed by atoms with Gasteiger partial charge in [-0.3, -0.25) is 0 Å². The van der Waals surface area contributed by atoms with Gasteiger partial charge in [0.25, 0.3) is 0 Å². The highest BCUT2D eigenvalue weighted by Crippen LogP contribution is 2.24. The molecule has 0 atom stereocenters. The van der Waals surface area contributed by atoms with E-state index in [9.17, 15) is 0 Å². The van der Waals surface area contributed by atoms with Gasteiger partial charge in [-0.15, -0.1) is 0 Å². The van der Waals surface area contributed by atoms with E-state index in [1.165, 1.54) is 30.6 Å². The SMILES string of the molecule is CCN1CCc2ccc(OC3CCNCC3)cc2CC1. The molecule has 3 nitrogen and oxygen atoms in total. The summed E-state index contributed by atoms with van der Waals surface area (Å²) in [4.78, 5) is 2.54. The van der Waals surface area contributed by atoms with Crippen molar-refractivity contribution in [3.8, 4) is 5.75 Å². The Balaban J connectivity index is 1.67. The second-order valence-electron chi connectivity index (χ2n) is 5.93. The molecule has 20 heavy (non-hydrogen) atoms. The zero-order chi connectivity index (χ0) is 13.8. The molecule has 3 heteroatoms. The number of likely N-dealkylation sites (N-methyl/N-ethyl adjacent to an activating group) is 1. The van der Waals surface area contributed by atoms with Crippen molar-refractivity contribution in [2.24, 2.45) is 0 Å². The van der Waals surface area contributed by atoms with Crippen molar-refractivity contribution in [3.05, 3.63) is 29.3 Å². The maximum Gasteiger partial charge on any atom is 0.120 e. The standard InChI is InChI=1S/C17H26N2O/c1-2-19-11-7-14-3-4-17(13-15(14)8-12-19)20-16-5-9-18-10-6-16/h3-4,13,16,18H,2,5-12H2,1H3. The van der Waals surface area contributed by atoms with Gasteiger partial charge in [-0.05, 0) is 68.6 Å². The van der Waals surface area contributed by atoms with Crippen LogP contribution in [0.5, 0.6) is 5.75 Å². The summed E-state index contributed by atoms with van der Waals surface area (Å²) in [6, 6.07) is 6.74. The molecule has 0 radical (unpaired) electrons. The lowest BCUT2D eigenvalue weighted by atomic mass is 10.0. The van der Waals surface area contributed by atoms with E-state index in [0.717, 1.165) is 44.6 Å². The van der Waals surface area contributed by atoms with Crippen LogP contribution >= 0.6 is 0 Å². The minimum absolute atomic E-state index is 0.396. The van der Waals surface area contributed by atoms with Gasteiger partial charge >= 0.3 is 0 Å². The Hall–Kier alpha value is -1.06. The maximum atomic E-state index is 6.16. The van der Waals surface area contributed by atoms with Crippen molar-refractivity contribution in [1.29, 1.82) is 0 Å². The van der Waals surface area contributed by atoms with Crippen LogP contribution < -0.4 is 10.1 Å². The van der Waals surface area contributed by atoms with Crippen molar-refractivity contribution in [1.82, 2.24) is 10.2 Å². The molecular weight excluding hydrogens is 248 g/mol. The Kier molecular flexibility index (Phi) is 4.58. The first-order chi connectivity index (χ1) is 9.85. The second kappa shape index (κ2) is 6.59. The lowest BCUT2D eigenvalue weighted by molar-refractivity contribution is 0.162. The molecule has 1 aromatic carbocycles. The van der Waals surface area contributed by atoms with Gasteiger partial charge in [-0.1, -0.05) is 13.0 Å². The van der Waals surface area contributed by atoms with E-state index in [0.29, 0.717) is 6.10 Å². The summed E-state index contributed by atoms with van der Waals surface area (Å²) in [6.07, 6.45) is 4.98. The van der Waals surface area contributed by atoms with Crippen molar-refractivity contribution < 1.29 is 4.74 Å². The van der Waals surface area contributed by atoms with Crippen LogP contribution in [0.1, 0.15) is 30.9 Å². The van der Waals surface area contributed by atoms with Gasteiger partial charge in [-0.2, -0.15) is 0 Å². The highest BCUT2D eigenvalue weighted by atomic mass is 16.5. The van der Waals surface area contributed by atoms with Crippen LogP contribution in [0.25, 0.3) is 0 Å². The number of hydrogen-bond acceptors (Lipinski definition) is 3. The van der Waals surface area contributed by atoms with Gasteiger partial charge in [0.1, 0.15) is 11.9 Å². The number of hydrogen-bond donors (Lipinski definition) is 1. The van der Waals surface area contributed by atoms with E-state index >= 15 is 0 Å². The van der Waals surface area contributed by atoms with E-state index in [4.69, 9.17) is 4.74 Å². The van der Waals surface area contributed by atoms with Crippen LogP contribution in [0.15, 0.2) is 18.2 Å². The Labute approximate surface area is 122 Å². The molecule has 110 valence electrons. The molecule has 0 saturated carbocycles. The highest BCUT2D eigenvalue weighted by Gasteiger charge is 2.17. The number of nitrogens with zero attached hydrogens (tertiary/aromatic N) is 1. The molecule has 0 amide bonds. The Morgan fingerprint density at radius 2 is 1.90 bits per heavy atom. The fourth-order valence-corrected chi connectivity index (χ4v) is 3.24. The number of benzene rings is 1. The van der Waals surface area contributed by atoms with E-state index in [1.54, 1.807) is 0 Å². The number of nitrogens with one attached hydrogen (secondary N) is 1. The summed E-state index contributed by atoms with van der Waals surface area (Å²) in [7, 11) is 0. The third kappa shape index (κ3) is 3.33. The normalized spacial score (nSPS) is 21.2. The zero-order valence-corrected chi connectivity index (χ0v) is 12.5. The summed E-state index contributed by atoms with van der Waals surface area (Å²) in [5, 5.41) is 3.38. The fourth-order valence-electron chi connectivity index (χ4n) is 3.24. The van der Waals surface area contributed by atoms with Crippen LogP contribution in [0.2, 0.25) is 0 Å². The smallest absolute Gasteiger partial charge is 0.120 e. The quantitative estimate of drug-likeness (QED) is 0.915. The largest absolute Gasteiger partial charge is 0.490 e. The van der Waals surface area contributed by atoms with Crippen LogP contribution in [0.4, 0.5) is 0 Å². The lowest BCUT2D eigenvalue weighted by Gasteiger charge is -2.24. The highest BCUT2D eigenvalue weighted by molar-refractivity contribution is 5.37. The third-order valence-corrected chi connectivity index (χ3v) is 4.61. The molecule has 0 bridgehead atoms.